The Hall–Kier alpha value is -1.47. The molecule has 14 heavy (non-hydrogen) atoms. The van der Waals surface area contributed by atoms with Crippen LogP contribution in [0.3, 0.4) is 0 Å². The van der Waals surface area contributed by atoms with Crippen molar-refractivity contribution in [3.05, 3.63) is 29.8 Å². The normalized spacial score (nSPS) is 11.0. The molecule has 0 aliphatic heterocycles. The van der Waals surface area contributed by atoms with Gasteiger partial charge in [-0.25, -0.2) is 4.55 Å². The second-order valence-electron chi connectivity index (χ2n) is 2.39. The van der Waals surface area contributed by atoms with E-state index in [0.29, 0.717) is 0 Å². The largest absolute Gasteiger partial charge is 0.501 e. The van der Waals surface area contributed by atoms with Crippen molar-refractivity contribution < 1.29 is 21.8 Å². The summed E-state index contributed by atoms with van der Waals surface area (Å²) in [5, 5.41) is 0. The molecule has 0 atom stereocenters. The highest BCUT2D eigenvalue weighted by molar-refractivity contribution is 7.79. The number of hydrogen-bond donors (Lipinski definition) is 1. The third kappa shape index (κ3) is 2.06. The highest BCUT2D eigenvalue weighted by Gasteiger charge is 2.21. The molecular formula is C7H8N2O4S. The molecule has 76 valence electrons. The van der Waals surface area contributed by atoms with E-state index in [0.717, 1.165) is 0 Å². The molecule has 0 aromatic heterocycles. The first-order valence-corrected chi connectivity index (χ1v) is 4.96. The van der Waals surface area contributed by atoms with Gasteiger partial charge in [0.2, 0.25) is 0 Å². The minimum Gasteiger partial charge on any atom is -0.490 e. The van der Waals surface area contributed by atoms with Gasteiger partial charge in [-0.2, -0.15) is 0 Å². The summed E-state index contributed by atoms with van der Waals surface area (Å²) in [5.74, 6) is 0.132. The SMILES string of the molecule is COc1ccccc1[N+](=[N-])S(=O)(=O)O. The van der Waals surface area contributed by atoms with E-state index in [1.165, 1.54) is 25.3 Å². The Morgan fingerprint density at radius 1 is 1.43 bits per heavy atom. The molecule has 0 amide bonds. The van der Waals surface area contributed by atoms with E-state index in [1.54, 1.807) is 6.07 Å². The quantitative estimate of drug-likeness (QED) is 0.466. The molecule has 7 heteroatoms. The van der Waals surface area contributed by atoms with Crippen LogP contribution >= 0.6 is 0 Å². The van der Waals surface area contributed by atoms with E-state index in [9.17, 15) is 8.42 Å². The lowest BCUT2D eigenvalue weighted by Crippen LogP contribution is -2.11. The molecule has 0 bridgehead atoms. The van der Waals surface area contributed by atoms with Crippen LogP contribution in [0.1, 0.15) is 0 Å². The average molecular weight is 216 g/mol. The molecular weight excluding hydrogens is 208 g/mol. The van der Waals surface area contributed by atoms with E-state index in [4.69, 9.17) is 14.8 Å². The molecule has 0 fully saturated rings. The highest BCUT2D eigenvalue weighted by Crippen LogP contribution is 2.27. The fraction of sp³-hybridized carbons (Fsp3) is 0.143. The number of para-hydroxylation sites is 2. The third-order valence-electron chi connectivity index (χ3n) is 1.51. The minimum absolute atomic E-state index is 0.132. The van der Waals surface area contributed by atoms with Crippen LogP contribution in [0.5, 0.6) is 5.75 Å². The maximum Gasteiger partial charge on any atom is 0.501 e. The van der Waals surface area contributed by atoms with Gasteiger partial charge in [0.05, 0.1) is 7.11 Å². The standard InChI is InChI=1S/C7H8N2O4S/c1-13-7-5-3-2-4-6(7)9(8)14(10,11)12/h2-5H,1H3,(H,10,11,12). The molecule has 0 heterocycles. The molecule has 1 aromatic carbocycles. The van der Waals surface area contributed by atoms with Crippen LogP contribution in [0.15, 0.2) is 24.3 Å². The Morgan fingerprint density at radius 2 is 2.00 bits per heavy atom. The van der Waals surface area contributed by atoms with Crippen molar-refractivity contribution in [1.29, 1.82) is 0 Å². The van der Waals surface area contributed by atoms with Crippen molar-refractivity contribution in [2.45, 2.75) is 0 Å². The molecule has 0 unspecified atom stereocenters. The van der Waals surface area contributed by atoms with Crippen LogP contribution in [0.4, 0.5) is 5.69 Å². The predicted octanol–water partition coefficient (Wildman–Crippen LogP) is 1.16. The Kier molecular flexibility index (Phi) is 2.82. The van der Waals surface area contributed by atoms with Crippen LogP contribution in [0.25, 0.3) is 5.53 Å². The van der Waals surface area contributed by atoms with Crippen LogP contribution < -0.4 is 4.74 Å². The predicted molar refractivity (Wildman–Crippen MR) is 47.8 cm³/mol. The van der Waals surface area contributed by atoms with Gasteiger partial charge < -0.3 is 10.3 Å². The summed E-state index contributed by atoms with van der Waals surface area (Å²) in [5.41, 5.74) is 8.93. The summed E-state index contributed by atoms with van der Waals surface area (Å²) in [6.45, 7) is 0. The van der Waals surface area contributed by atoms with Crippen molar-refractivity contribution in [2.75, 3.05) is 7.11 Å². The summed E-state index contributed by atoms with van der Waals surface area (Å²) in [6.07, 6.45) is 0. The number of methoxy groups -OCH3 is 1. The van der Waals surface area contributed by atoms with Crippen molar-refractivity contribution in [1.82, 2.24) is 0 Å². The molecule has 0 saturated heterocycles. The van der Waals surface area contributed by atoms with E-state index < -0.39 is 10.3 Å². The average Bonchev–Trinajstić information content (AvgIpc) is 2.15. The summed E-state index contributed by atoms with van der Waals surface area (Å²) >= 11 is 0. The van der Waals surface area contributed by atoms with E-state index in [1.807, 2.05) is 0 Å². The fourth-order valence-corrected chi connectivity index (χ4v) is 1.31. The molecule has 0 saturated carbocycles. The van der Waals surface area contributed by atoms with Crippen molar-refractivity contribution in [3.8, 4) is 5.75 Å². The van der Waals surface area contributed by atoms with Gasteiger partial charge in [0.1, 0.15) is 0 Å². The van der Waals surface area contributed by atoms with E-state index in [2.05, 4.69) is 0 Å². The molecule has 1 N–H and O–H groups in total. The lowest BCUT2D eigenvalue weighted by Gasteiger charge is -2.05. The van der Waals surface area contributed by atoms with Crippen LogP contribution in [-0.4, -0.2) is 24.2 Å². The minimum atomic E-state index is -4.68. The van der Waals surface area contributed by atoms with Crippen LogP contribution in [0, 0.1) is 0 Å². The van der Waals surface area contributed by atoms with Gasteiger partial charge >= 0.3 is 10.3 Å². The maximum atomic E-state index is 10.6. The molecule has 1 rings (SSSR count). The summed E-state index contributed by atoms with van der Waals surface area (Å²) in [4.78, 5) is 0. The zero-order valence-electron chi connectivity index (χ0n) is 7.28. The van der Waals surface area contributed by atoms with Crippen molar-refractivity contribution in [3.63, 3.8) is 0 Å². The summed E-state index contributed by atoms with van der Waals surface area (Å²) in [6, 6.07) is 5.82. The number of ether oxygens (including phenoxy) is 1. The topological polar surface area (TPSA) is 88.9 Å². The van der Waals surface area contributed by atoms with Gasteiger partial charge in [0.15, 0.2) is 5.75 Å². The zero-order chi connectivity index (χ0) is 10.8. The summed E-state index contributed by atoms with van der Waals surface area (Å²) in [7, 11) is -3.36. The Morgan fingerprint density at radius 3 is 2.50 bits per heavy atom. The Bertz CT molecular complexity index is 455. The van der Waals surface area contributed by atoms with Crippen molar-refractivity contribution >= 4 is 16.0 Å². The summed E-state index contributed by atoms with van der Waals surface area (Å²) < 4.78 is 34.2. The van der Waals surface area contributed by atoms with E-state index in [-0.39, 0.29) is 15.5 Å². The first-order valence-electron chi connectivity index (χ1n) is 3.56. The molecule has 0 aliphatic rings. The highest BCUT2D eigenvalue weighted by atomic mass is 32.2. The van der Waals surface area contributed by atoms with Gasteiger partial charge in [0, 0.05) is 6.07 Å². The first kappa shape index (κ1) is 10.6. The molecule has 0 aliphatic carbocycles. The Balaban J connectivity index is 3.27. The molecule has 0 spiro atoms. The van der Waals surface area contributed by atoms with Gasteiger partial charge in [-0.3, -0.25) is 0 Å². The van der Waals surface area contributed by atoms with Crippen LogP contribution in [0.2, 0.25) is 0 Å². The number of benzene rings is 1. The Labute approximate surface area is 81.1 Å². The second-order valence-corrected chi connectivity index (χ2v) is 3.63. The van der Waals surface area contributed by atoms with Gasteiger partial charge in [-0.1, -0.05) is 12.1 Å². The van der Waals surface area contributed by atoms with Gasteiger partial charge in [-0.15, -0.1) is 12.5 Å². The number of rotatable bonds is 3. The molecule has 0 radical (unpaired) electrons. The van der Waals surface area contributed by atoms with Gasteiger partial charge in [0.25, 0.3) is 5.69 Å². The first-order chi connectivity index (χ1) is 6.46. The monoisotopic (exact) mass is 216 g/mol. The number of hydrogen-bond acceptors (Lipinski definition) is 3. The molecule has 1 aromatic rings. The fourth-order valence-electron chi connectivity index (χ4n) is 0.912. The lowest BCUT2D eigenvalue weighted by atomic mass is 10.3. The number of nitrogens with zero attached hydrogens (tertiary/aromatic N) is 2. The van der Waals surface area contributed by atoms with Crippen molar-refractivity contribution in [2.24, 2.45) is 0 Å². The van der Waals surface area contributed by atoms with E-state index >= 15 is 0 Å². The smallest absolute Gasteiger partial charge is 0.490 e. The molecule has 6 nitrogen and oxygen atoms in total. The zero-order valence-corrected chi connectivity index (χ0v) is 8.10. The third-order valence-corrected chi connectivity index (χ3v) is 2.14. The maximum absolute atomic E-state index is 10.6. The lowest BCUT2D eigenvalue weighted by molar-refractivity contribution is -0.299. The van der Waals surface area contributed by atoms with Crippen LogP contribution in [-0.2, 0) is 10.3 Å². The second kappa shape index (κ2) is 3.72. The van der Waals surface area contributed by atoms with Gasteiger partial charge in [-0.05, 0) is 6.07 Å².